The summed E-state index contributed by atoms with van der Waals surface area (Å²) in [7, 11) is 0. The Morgan fingerprint density at radius 3 is 2.21 bits per heavy atom. The van der Waals surface area contributed by atoms with E-state index in [0.717, 1.165) is 28.3 Å². The van der Waals surface area contributed by atoms with Gasteiger partial charge in [-0.1, -0.05) is 60.2 Å². The largest absolute Gasteiger partial charge is 0.416 e. The predicted octanol–water partition coefficient (Wildman–Crippen LogP) is 7.32. The molecule has 0 atom stereocenters. The minimum absolute atomic E-state index is 0.0478. The fourth-order valence-corrected chi connectivity index (χ4v) is 3.13. The van der Waals surface area contributed by atoms with E-state index in [1.54, 1.807) is 18.2 Å². The van der Waals surface area contributed by atoms with Crippen LogP contribution in [0.2, 0.25) is 5.02 Å². The minimum Gasteiger partial charge on any atom is -0.298 e. The molecule has 3 aromatic carbocycles. The summed E-state index contributed by atoms with van der Waals surface area (Å²) in [5.74, 6) is 0. The first-order chi connectivity index (χ1) is 13.3. The van der Waals surface area contributed by atoms with E-state index in [2.05, 4.69) is 0 Å². The van der Waals surface area contributed by atoms with Gasteiger partial charge >= 0.3 is 6.18 Å². The summed E-state index contributed by atoms with van der Waals surface area (Å²) in [6, 6.07) is 16.3. The zero-order valence-electron chi connectivity index (χ0n) is 14.9. The van der Waals surface area contributed by atoms with Gasteiger partial charge in [-0.05, 0) is 59.0 Å². The summed E-state index contributed by atoms with van der Waals surface area (Å²) in [6.07, 6.45) is -0.942. The van der Waals surface area contributed by atoms with Gasteiger partial charge in [-0.3, -0.25) is 4.79 Å². The highest BCUT2D eigenvalue weighted by Gasteiger charge is 2.32. The number of rotatable bonds is 4. The number of alkyl halides is 3. The van der Waals surface area contributed by atoms with Crippen LogP contribution >= 0.6 is 11.6 Å². The zero-order valence-corrected chi connectivity index (χ0v) is 15.7. The molecule has 0 spiro atoms. The van der Waals surface area contributed by atoms with E-state index in [1.165, 1.54) is 18.2 Å². The molecule has 0 saturated carbocycles. The average Bonchev–Trinajstić information content (AvgIpc) is 2.67. The quantitative estimate of drug-likeness (QED) is 0.331. The smallest absolute Gasteiger partial charge is 0.298 e. The number of carbonyl (C=O) groups is 1. The molecule has 0 radical (unpaired) electrons. The average molecular weight is 401 g/mol. The highest BCUT2D eigenvalue weighted by molar-refractivity contribution is 6.30. The van der Waals surface area contributed by atoms with Gasteiger partial charge in [0.25, 0.3) is 0 Å². The molecular formula is C23H16ClF3O. The second-order valence-corrected chi connectivity index (χ2v) is 6.76. The Labute approximate surface area is 166 Å². The number of carbonyl (C=O) groups excluding carboxylic acids is 1. The van der Waals surface area contributed by atoms with Gasteiger partial charge < -0.3 is 0 Å². The molecule has 0 aliphatic rings. The Bertz CT molecular complexity index is 1030. The first-order valence-corrected chi connectivity index (χ1v) is 8.87. The van der Waals surface area contributed by atoms with Crippen LogP contribution in [0.3, 0.4) is 0 Å². The molecule has 0 unspecified atom stereocenters. The van der Waals surface area contributed by atoms with E-state index in [1.807, 2.05) is 37.3 Å². The molecule has 3 aromatic rings. The summed E-state index contributed by atoms with van der Waals surface area (Å²) in [6.45, 7) is 1.91. The van der Waals surface area contributed by atoms with Gasteiger partial charge in [0.2, 0.25) is 0 Å². The Kier molecular flexibility index (Phi) is 5.71. The van der Waals surface area contributed by atoms with Gasteiger partial charge in [0, 0.05) is 10.6 Å². The van der Waals surface area contributed by atoms with Crippen LogP contribution in [0.5, 0.6) is 0 Å². The SMILES string of the molecule is Cc1c(/C=C/c2cc(C=O)ccc2C(F)(F)F)cccc1-c1ccc(Cl)cc1. The van der Waals surface area contributed by atoms with Gasteiger partial charge in [-0.2, -0.15) is 13.2 Å². The number of aldehydes is 1. The molecule has 0 saturated heterocycles. The van der Waals surface area contributed by atoms with Gasteiger partial charge in [-0.25, -0.2) is 0 Å². The van der Waals surface area contributed by atoms with Crippen LogP contribution in [0.4, 0.5) is 13.2 Å². The van der Waals surface area contributed by atoms with E-state index in [4.69, 9.17) is 11.6 Å². The second-order valence-electron chi connectivity index (χ2n) is 6.32. The predicted molar refractivity (Wildman–Crippen MR) is 107 cm³/mol. The van der Waals surface area contributed by atoms with E-state index in [0.29, 0.717) is 11.3 Å². The Balaban J connectivity index is 2.03. The number of benzene rings is 3. The van der Waals surface area contributed by atoms with Crippen LogP contribution in [0.1, 0.15) is 32.6 Å². The summed E-state index contributed by atoms with van der Waals surface area (Å²) in [5, 5.41) is 0.632. The maximum atomic E-state index is 13.3. The normalized spacial score (nSPS) is 11.8. The van der Waals surface area contributed by atoms with Crippen LogP contribution in [0.15, 0.2) is 60.7 Å². The third kappa shape index (κ3) is 4.34. The van der Waals surface area contributed by atoms with Gasteiger partial charge in [0.15, 0.2) is 0 Å². The highest BCUT2D eigenvalue weighted by atomic mass is 35.5. The Hall–Kier alpha value is -2.85. The van der Waals surface area contributed by atoms with Crippen LogP contribution < -0.4 is 0 Å². The van der Waals surface area contributed by atoms with Crippen molar-refractivity contribution in [2.24, 2.45) is 0 Å². The molecule has 0 amide bonds. The molecule has 0 N–H and O–H groups in total. The number of hydrogen-bond donors (Lipinski definition) is 0. The third-order valence-electron chi connectivity index (χ3n) is 4.49. The molecule has 28 heavy (non-hydrogen) atoms. The van der Waals surface area contributed by atoms with Crippen molar-refractivity contribution in [2.75, 3.05) is 0 Å². The van der Waals surface area contributed by atoms with Crippen LogP contribution in [-0.4, -0.2) is 6.29 Å². The highest BCUT2D eigenvalue weighted by Crippen LogP contribution is 2.34. The van der Waals surface area contributed by atoms with Crippen molar-refractivity contribution in [1.29, 1.82) is 0 Å². The first-order valence-electron chi connectivity index (χ1n) is 8.49. The summed E-state index contributed by atoms with van der Waals surface area (Å²) < 4.78 is 39.8. The molecular weight excluding hydrogens is 385 g/mol. The van der Waals surface area contributed by atoms with E-state index in [9.17, 15) is 18.0 Å². The molecule has 142 valence electrons. The van der Waals surface area contributed by atoms with E-state index < -0.39 is 11.7 Å². The molecule has 3 rings (SSSR count). The lowest BCUT2D eigenvalue weighted by Gasteiger charge is -2.12. The molecule has 0 aliphatic heterocycles. The lowest BCUT2D eigenvalue weighted by atomic mass is 9.95. The maximum absolute atomic E-state index is 13.3. The monoisotopic (exact) mass is 400 g/mol. The second kappa shape index (κ2) is 8.03. The van der Waals surface area contributed by atoms with Crippen molar-refractivity contribution >= 4 is 30.0 Å². The summed E-state index contributed by atoms with van der Waals surface area (Å²) in [4.78, 5) is 11.0. The van der Waals surface area contributed by atoms with Crippen molar-refractivity contribution in [1.82, 2.24) is 0 Å². The van der Waals surface area contributed by atoms with Crippen molar-refractivity contribution in [2.45, 2.75) is 13.1 Å². The van der Waals surface area contributed by atoms with Crippen LogP contribution in [0.25, 0.3) is 23.3 Å². The topological polar surface area (TPSA) is 17.1 Å². The number of halogens is 4. The van der Waals surface area contributed by atoms with E-state index in [-0.39, 0.29) is 11.1 Å². The molecule has 5 heteroatoms. The Morgan fingerprint density at radius 1 is 0.893 bits per heavy atom. The molecule has 1 nitrogen and oxygen atoms in total. The molecule has 0 bridgehead atoms. The zero-order chi connectivity index (χ0) is 20.3. The van der Waals surface area contributed by atoms with Gasteiger partial charge in [0.05, 0.1) is 5.56 Å². The Morgan fingerprint density at radius 2 is 1.57 bits per heavy atom. The maximum Gasteiger partial charge on any atom is 0.416 e. The summed E-state index contributed by atoms with van der Waals surface area (Å²) in [5.41, 5.74) is 3.03. The van der Waals surface area contributed by atoms with Crippen molar-refractivity contribution in [3.05, 3.63) is 93.5 Å². The van der Waals surface area contributed by atoms with Crippen molar-refractivity contribution < 1.29 is 18.0 Å². The van der Waals surface area contributed by atoms with E-state index >= 15 is 0 Å². The number of hydrogen-bond acceptors (Lipinski definition) is 1. The van der Waals surface area contributed by atoms with Crippen LogP contribution in [0, 0.1) is 6.92 Å². The third-order valence-corrected chi connectivity index (χ3v) is 4.74. The van der Waals surface area contributed by atoms with Crippen molar-refractivity contribution in [3.8, 4) is 11.1 Å². The minimum atomic E-state index is -4.50. The standard InChI is InChI=1S/C23H16ClF3O/c1-15-17(3-2-4-21(15)18-8-10-20(24)11-9-18)6-7-19-13-16(14-28)5-12-22(19)23(25,26)27/h2-14H,1H3/b7-6+. The van der Waals surface area contributed by atoms with Gasteiger partial charge in [-0.15, -0.1) is 0 Å². The molecule has 0 fully saturated rings. The fraction of sp³-hybridized carbons (Fsp3) is 0.0870. The molecule has 0 aromatic heterocycles. The van der Waals surface area contributed by atoms with Crippen LogP contribution in [-0.2, 0) is 6.18 Å². The van der Waals surface area contributed by atoms with Crippen molar-refractivity contribution in [3.63, 3.8) is 0 Å². The van der Waals surface area contributed by atoms with Gasteiger partial charge in [0.1, 0.15) is 6.29 Å². The fourth-order valence-electron chi connectivity index (χ4n) is 3.01. The lowest BCUT2D eigenvalue weighted by Crippen LogP contribution is -2.07. The first kappa shape index (κ1) is 19.9. The molecule has 0 aliphatic carbocycles. The lowest BCUT2D eigenvalue weighted by molar-refractivity contribution is -0.137. The molecule has 0 heterocycles. The summed E-state index contributed by atoms with van der Waals surface area (Å²) >= 11 is 5.94.